The topological polar surface area (TPSA) is 103 Å². The molecule has 200 valence electrons. The van der Waals surface area contributed by atoms with Gasteiger partial charge in [-0.25, -0.2) is 0 Å². The maximum atomic E-state index is 13.5. The summed E-state index contributed by atoms with van der Waals surface area (Å²) in [6, 6.07) is 30.3. The number of carbonyl (C=O) groups is 2. The van der Waals surface area contributed by atoms with Gasteiger partial charge in [-0.1, -0.05) is 66.7 Å². The second-order valence-corrected chi connectivity index (χ2v) is 9.31. The number of ether oxygens (including phenoxy) is 2. The standard InChI is InChI=1S/C32H33N3O4/c1-22(2)39-29-14-7-6-13-28(29)31(36)35-30(32(37)34-26-12-8-11-24(19-26)20-33)25-15-17-27(18-16-25)38-21-23-9-4-3-5-10-23/h3-19,22,30H,20-21,33H2,1-2H3,(H,34,37)(H,35,36)/t30-/m0/s1. The lowest BCUT2D eigenvalue weighted by Gasteiger charge is -2.21. The van der Waals surface area contributed by atoms with E-state index in [-0.39, 0.29) is 6.10 Å². The Labute approximate surface area is 229 Å². The lowest BCUT2D eigenvalue weighted by atomic mass is 10.0. The Morgan fingerprint density at radius 2 is 1.51 bits per heavy atom. The van der Waals surface area contributed by atoms with Crippen LogP contribution in [-0.4, -0.2) is 17.9 Å². The number of nitrogens with two attached hydrogens (primary N) is 1. The van der Waals surface area contributed by atoms with Gasteiger partial charge < -0.3 is 25.8 Å². The van der Waals surface area contributed by atoms with Crippen LogP contribution in [0.5, 0.6) is 11.5 Å². The first-order chi connectivity index (χ1) is 18.9. The zero-order chi connectivity index (χ0) is 27.6. The number of benzene rings is 4. The number of carbonyl (C=O) groups excluding carboxylic acids is 2. The highest BCUT2D eigenvalue weighted by Gasteiger charge is 2.25. The summed E-state index contributed by atoms with van der Waals surface area (Å²) in [4.78, 5) is 26.9. The molecule has 0 saturated carbocycles. The highest BCUT2D eigenvalue weighted by molar-refractivity contribution is 6.02. The van der Waals surface area contributed by atoms with Crippen LogP contribution in [0.3, 0.4) is 0 Å². The van der Waals surface area contributed by atoms with Crippen molar-refractivity contribution in [1.82, 2.24) is 5.32 Å². The van der Waals surface area contributed by atoms with Crippen LogP contribution in [0.4, 0.5) is 5.69 Å². The first-order valence-electron chi connectivity index (χ1n) is 12.9. The number of amides is 2. The van der Waals surface area contributed by atoms with Gasteiger partial charge >= 0.3 is 0 Å². The quantitative estimate of drug-likeness (QED) is 0.237. The van der Waals surface area contributed by atoms with Crippen LogP contribution in [-0.2, 0) is 17.9 Å². The van der Waals surface area contributed by atoms with E-state index in [0.717, 1.165) is 11.1 Å². The minimum absolute atomic E-state index is 0.115. The number of hydrogen-bond donors (Lipinski definition) is 3. The zero-order valence-corrected chi connectivity index (χ0v) is 22.1. The molecule has 4 aromatic carbocycles. The molecule has 0 aliphatic heterocycles. The monoisotopic (exact) mass is 523 g/mol. The fraction of sp³-hybridized carbons (Fsp3) is 0.188. The van der Waals surface area contributed by atoms with Crippen molar-refractivity contribution in [3.05, 3.63) is 125 Å². The lowest BCUT2D eigenvalue weighted by Crippen LogP contribution is -2.37. The van der Waals surface area contributed by atoms with Crippen LogP contribution in [0.15, 0.2) is 103 Å². The number of rotatable bonds is 11. The summed E-state index contributed by atoms with van der Waals surface area (Å²) >= 11 is 0. The molecule has 4 N–H and O–H groups in total. The van der Waals surface area contributed by atoms with Crippen molar-refractivity contribution in [2.45, 2.75) is 39.1 Å². The average Bonchev–Trinajstić information content (AvgIpc) is 2.95. The first-order valence-corrected chi connectivity index (χ1v) is 12.9. The van der Waals surface area contributed by atoms with Crippen molar-refractivity contribution in [2.75, 3.05) is 5.32 Å². The van der Waals surface area contributed by atoms with E-state index in [0.29, 0.717) is 41.5 Å². The van der Waals surface area contributed by atoms with Crippen LogP contribution in [0.2, 0.25) is 0 Å². The van der Waals surface area contributed by atoms with Crippen LogP contribution in [0.25, 0.3) is 0 Å². The van der Waals surface area contributed by atoms with Gasteiger partial charge in [-0.3, -0.25) is 9.59 Å². The molecule has 0 heterocycles. The second kappa shape index (κ2) is 13.3. The van der Waals surface area contributed by atoms with Crippen molar-refractivity contribution >= 4 is 17.5 Å². The second-order valence-electron chi connectivity index (χ2n) is 9.31. The van der Waals surface area contributed by atoms with Gasteiger partial charge in [0.1, 0.15) is 24.1 Å². The van der Waals surface area contributed by atoms with Crippen molar-refractivity contribution in [2.24, 2.45) is 5.73 Å². The van der Waals surface area contributed by atoms with E-state index in [2.05, 4.69) is 10.6 Å². The van der Waals surface area contributed by atoms with Crippen molar-refractivity contribution in [3.8, 4) is 11.5 Å². The molecule has 0 spiro atoms. The van der Waals surface area contributed by atoms with Gasteiger partial charge in [0.25, 0.3) is 11.8 Å². The normalized spacial score (nSPS) is 11.5. The molecule has 7 nitrogen and oxygen atoms in total. The molecule has 2 amide bonds. The van der Waals surface area contributed by atoms with Crippen molar-refractivity contribution in [3.63, 3.8) is 0 Å². The Hall–Kier alpha value is -4.62. The van der Waals surface area contributed by atoms with Crippen molar-refractivity contribution < 1.29 is 19.1 Å². The summed E-state index contributed by atoms with van der Waals surface area (Å²) in [6.45, 7) is 4.55. The SMILES string of the molecule is CC(C)Oc1ccccc1C(=O)N[C@H](C(=O)Nc1cccc(CN)c1)c1ccc(OCc2ccccc2)cc1. The van der Waals surface area contributed by atoms with Gasteiger partial charge in [0.05, 0.1) is 11.7 Å². The van der Waals surface area contributed by atoms with E-state index in [9.17, 15) is 9.59 Å². The van der Waals surface area contributed by atoms with Gasteiger partial charge in [-0.2, -0.15) is 0 Å². The van der Waals surface area contributed by atoms with E-state index in [1.807, 2.05) is 62.4 Å². The maximum Gasteiger partial charge on any atom is 0.255 e. The van der Waals surface area contributed by atoms with Crippen LogP contribution >= 0.6 is 0 Å². The fourth-order valence-electron chi connectivity index (χ4n) is 4.01. The van der Waals surface area contributed by atoms with Crippen LogP contribution in [0, 0.1) is 0 Å². The largest absolute Gasteiger partial charge is 0.490 e. The molecule has 0 bridgehead atoms. The molecule has 0 aromatic heterocycles. The molecular weight excluding hydrogens is 490 g/mol. The highest BCUT2D eigenvalue weighted by Crippen LogP contribution is 2.24. The van der Waals surface area contributed by atoms with Gasteiger partial charge in [0.2, 0.25) is 0 Å². The molecule has 39 heavy (non-hydrogen) atoms. The minimum Gasteiger partial charge on any atom is -0.490 e. The summed E-state index contributed by atoms with van der Waals surface area (Å²) < 4.78 is 11.7. The number of para-hydroxylation sites is 1. The highest BCUT2D eigenvalue weighted by atomic mass is 16.5. The molecule has 0 unspecified atom stereocenters. The molecule has 0 saturated heterocycles. The molecule has 0 radical (unpaired) electrons. The fourth-order valence-corrected chi connectivity index (χ4v) is 4.01. The molecule has 0 fully saturated rings. The molecule has 0 aliphatic carbocycles. The Morgan fingerprint density at radius 3 is 2.23 bits per heavy atom. The first kappa shape index (κ1) is 27.4. The van der Waals surface area contributed by atoms with E-state index in [1.54, 1.807) is 54.6 Å². The molecular formula is C32H33N3O4. The predicted molar refractivity (Wildman–Crippen MR) is 153 cm³/mol. The summed E-state index contributed by atoms with van der Waals surface area (Å²) in [5.74, 6) is 0.285. The van der Waals surface area contributed by atoms with E-state index in [1.165, 1.54) is 0 Å². The molecule has 4 aromatic rings. The Morgan fingerprint density at radius 1 is 0.821 bits per heavy atom. The number of hydrogen-bond acceptors (Lipinski definition) is 5. The smallest absolute Gasteiger partial charge is 0.255 e. The third-order valence-electron chi connectivity index (χ3n) is 5.92. The maximum absolute atomic E-state index is 13.5. The summed E-state index contributed by atoms with van der Waals surface area (Å²) in [6.07, 6.45) is -0.115. The predicted octanol–water partition coefficient (Wildman–Crippen LogP) is 5.62. The Balaban J connectivity index is 1.57. The van der Waals surface area contributed by atoms with Crippen LogP contribution < -0.4 is 25.8 Å². The molecule has 7 heteroatoms. The third-order valence-corrected chi connectivity index (χ3v) is 5.92. The van der Waals surface area contributed by atoms with Crippen molar-refractivity contribution in [1.29, 1.82) is 0 Å². The van der Waals surface area contributed by atoms with Gasteiger partial charge in [0.15, 0.2) is 0 Å². The molecule has 4 rings (SSSR count). The Bertz CT molecular complexity index is 1390. The van der Waals surface area contributed by atoms with Crippen LogP contribution in [0.1, 0.15) is 46.9 Å². The van der Waals surface area contributed by atoms with Gasteiger partial charge in [-0.15, -0.1) is 0 Å². The average molecular weight is 524 g/mol. The zero-order valence-electron chi connectivity index (χ0n) is 22.1. The number of nitrogens with one attached hydrogen (secondary N) is 2. The van der Waals surface area contributed by atoms with E-state index < -0.39 is 17.9 Å². The van der Waals surface area contributed by atoms with E-state index in [4.69, 9.17) is 15.2 Å². The Kier molecular flexibility index (Phi) is 9.32. The summed E-state index contributed by atoms with van der Waals surface area (Å²) in [5.41, 5.74) is 9.23. The van der Waals surface area contributed by atoms with E-state index >= 15 is 0 Å². The molecule has 0 aliphatic rings. The third kappa shape index (κ3) is 7.69. The minimum atomic E-state index is -0.977. The lowest BCUT2D eigenvalue weighted by molar-refractivity contribution is -0.118. The summed E-state index contributed by atoms with van der Waals surface area (Å²) in [5, 5.41) is 5.80. The van der Waals surface area contributed by atoms with Gasteiger partial charge in [0, 0.05) is 12.2 Å². The number of anilines is 1. The van der Waals surface area contributed by atoms with Gasteiger partial charge in [-0.05, 0) is 66.9 Å². The molecule has 1 atom stereocenters. The summed E-state index contributed by atoms with van der Waals surface area (Å²) in [7, 11) is 0.